The summed E-state index contributed by atoms with van der Waals surface area (Å²) in [6.07, 6.45) is 0.330. The highest BCUT2D eigenvalue weighted by molar-refractivity contribution is 7.91. The van der Waals surface area contributed by atoms with E-state index in [-0.39, 0.29) is 17.1 Å². The van der Waals surface area contributed by atoms with E-state index in [0.717, 1.165) is 10.3 Å². The predicted molar refractivity (Wildman–Crippen MR) is 127 cm³/mol. The quantitative estimate of drug-likeness (QED) is 0.427. The number of nitrogens with zero attached hydrogens (tertiary/aromatic N) is 1. The molecular weight excluding hydrogens is 472 g/mol. The van der Waals surface area contributed by atoms with Crippen LogP contribution in [0.4, 0.5) is 5.69 Å². The van der Waals surface area contributed by atoms with Gasteiger partial charge in [0.05, 0.1) is 22.8 Å². The van der Waals surface area contributed by atoms with Gasteiger partial charge in [0.2, 0.25) is 0 Å². The van der Waals surface area contributed by atoms with Crippen LogP contribution in [0.5, 0.6) is 0 Å². The predicted octanol–water partition coefficient (Wildman–Crippen LogP) is 2.10. The largest absolute Gasteiger partial charge is 0.452 e. The lowest BCUT2D eigenvalue weighted by Crippen LogP contribution is -2.40. The number of imide groups is 1. The molecule has 0 bridgehead atoms. The van der Waals surface area contributed by atoms with Crippen molar-refractivity contribution in [3.63, 3.8) is 0 Å². The Kier molecular flexibility index (Phi) is 5.60. The number of anilines is 1. The van der Waals surface area contributed by atoms with Crippen LogP contribution in [-0.4, -0.2) is 56.3 Å². The van der Waals surface area contributed by atoms with Crippen LogP contribution in [0, 0.1) is 0 Å². The Morgan fingerprint density at radius 2 is 1.57 bits per heavy atom. The summed E-state index contributed by atoms with van der Waals surface area (Å²) in [6.45, 7) is -0.555. The van der Waals surface area contributed by atoms with Gasteiger partial charge in [-0.3, -0.25) is 14.4 Å². The molecule has 0 saturated carbocycles. The van der Waals surface area contributed by atoms with Crippen molar-refractivity contribution in [2.75, 3.05) is 23.0 Å². The van der Waals surface area contributed by atoms with E-state index in [0.29, 0.717) is 28.6 Å². The van der Waals surface area contributed by atoms with Gasteiger partial charge in [0.15, 0.2) is 16.4 Å². The number of rotatable bonds is 5. The first-order chi connectivity index (χ1) is 16.7. The summed E-state index contributed by atoms with van der Waals surface area (Å²) in [7, 11) is -3.14. The monoisotopic (exact) mass is 492 g/mol. The SMILES string of the molecule is O=C(COC(=O)c1ccc(N2C(=O)c3cccc4cccc(c34)C2=O)cc1)NC1CCS(=O)(=O)C1. The van der Waals surface area contributed by atoms with Gasteiger partial charge in [0.1, 0.15) is 0 Å². The highest BCUT2D eigenvalue weighted by Crippen LogP contribution is 2.32. The third kappa shape index (κ3) is 4.28. The van der Waals surface area contributed by atoms with Crippen LogP contribution in [0.2, 0.25) is 0 Å². The van der Waals surface area contributed by atoms with Gasteiger partial charge in [-0.1, -0.05) is 24.3 Å². The van der Waals surface area contributed by atoms with E-state index in [4.69, 9.17) is 4.74 Å². The number of benzene rings is 3. The summed E-state index contributed by atoms with van der Waals surface area (Å²) < 4.78 is 28.0. The molecule has 2 aliphatic rings. The van der Waals surface area contributed by atoms with Crippen molar-refractivity contribution in [2.24, 2.45) is 0 Å². The standard InChI is InChI=1S/C25H20N2O7S/c28-21(26-17-11-12-35(32,33)14-17)13-34-25(31)16-7-9-18(10-8-16)27-23(29)19-5-1-3-15-4-2-6-20(22(15)19)24(27)30/h1-10,17H,11-14H2,(H,26,28). The molecule has 35 heavy (non-hydrogen) atoms. The number of hydrogen-bond acceptors (Lipinski definition) is 7. The van der Waals surface area contributed by atoms with E-state index in [1.807, 2.05) is 12.1 Å². The van der Waals surface area contributed by atoms with Gasteiger partial charge in [-0.2, -0.15) is 0 Å². The zero-order valence-electron chi connectivity index (χ0n) is 18.4. The third-order valence-corrected chi connectivity index (χ3v) is 7.83. The lowest BCUT2D eigenvalue weighted by atomic mass is 9.94. The first kappa shape index (κ1) is 22.7. The molecule has 0 radical (unpaired) electrons. The van der Waals surface area contributed by atoms with Gasteiger partial charge in [0, 0.05) is 22.6 Å². The van der Waals surface area contributed by atoms with Crippen molar-refractivity contribution >= 4 is 50.0 Å². The second-order valence-electron chi connectivity index (χ2n) is 8.45. The number of esters is 1. The highest BCUT2D eigenvalue weighted by Gasteiger charge is 2.34. The summed E-state index contributed by atoms with van der Waals surface area (Å²) in [5.41, 5.74) is 1.26. The molecule has 3 aromatic carbocycles. The molecule has 2 aliphatic heterocycles. The van der Waals surface area contributed by atoms with Gasteiger partial charge in [-0.05, 0) is 48.2 Å². The topological polar surface area (TPSA) is 127 Å². The third-order valence-electron chi connectivity index (χ3n) is 6.06. The molecule has 9 nitrogen and oxygen atoms in total. The van der Waals surface area contributed by atoms with E-state index in [2.05, 4.69) is 5.32 Å². The minimum Gasteiger partial charge on any atom is -0.452 e. The van der Waals surface area contributed by atoms with Gasteiger partial charge in [0.25, 0.3) is 17.7 Å². The molecule has 5 rings (SSSR count). The Bertz CT molecular complexity index is 1450. The molecule has 10 heteroatoms. The summed E-state index contributed by atoms with van der Waals surface area (Å²) >= 11 is 0. The van der Waals surface area contributed by atoms with E-state index < -0.39 is 46.2 Å². The number of ether oxygens (including phenoxy) is 1. The molecule has 0 aliphatic carbocycles. The molecular formula is C25H20N2O7S. The second kappa shape index (κ2) is 8.62. The maximum atomic E-state index is 13.1. The molecule has 1 unspecified atom stereocenters. The summed E-state index contributed by atoms with van der Waals surface area (Å²) in [5.74, 6) is -2.37. The smallest absolute Gasteiger partial charge is 0.338 e. The average molecular weight is 493 g/mol. The fourth-order valence-corrected chi connectivity index (χ4v) is 6.08. The van der Waals surface area contributed by atoms with Crippen molar-refractivity contribution in [1.29, 1.82) is 0 Å². The maximum absolute atomic E-state index is 13.1. The van der Waals surface area contributed by atoms with Crippen molar-refractivity contribution in [1.82, 2.24) is 5.32 Å². The van der Waals surface area contributed by atoms with Crippen LogP contribution in [0.15, 0.2) is 60.7 Å². The fraction of sp³-hybridized carbons (Fsp3) is 0.200. The second-order valence-corrected chi connectivity index (χ2v) is 10.7. The number of amides is 3. The molecule has 2 heterocycles. The lowest BCUT2D eigenvalue weighted by molar-refractivity contribution is -0.124. The minimum absolute atomic E-state index is 0.0207. The molecule has 3 amide bonds. The van der Waals surface area contributed by atoms with Crippen LogP contribution >= 0.6 is 0 Å². The minimum atomic E-state index is -3.14. The van der Waals surface area contributed by atoms with Crippen molar-refractivity contribution in [2.45, 2.75) is 12.5 Å². The maximum Gasteiger partial charge on any atom is 0.338 e. The van der Waals surface area contributed by atoms with Gasteiger partial charge in [-0.25, -0.2) is 18.1 Å². The van der Waals surface area contributed by atoms with Crippen molar-refractivity contribution < 1.29 is 32.3 Å². The van der Waals surface area contributed by atoms with Gasteiger partial charge in [-0.15, -0.1) is 0 Å². The van der Waals surface area contributed by atoms with Crippen LogP contribution < -0.4 is 10.2 Å². The molecule has 178 valence electrons. The zero-order valence-corrected chi connectivity index (χ0v) is 19.2. The number of carbonyl (C=O) groups excluding carboxylic acids is 4. The number of sulfone groups is 1. The molecule has 3 aromatic rings. The molecule has 1 N–H and O–H groups in total. The van der Waals surface area contributed by atoms with E-state index >= 15 is 0 Å². The Morgan fingerprint density at radius 1 is 0.943 bits per heavy atom. The summed E-state index contributed by atoms with van der Waals surface area (Å²) in [4.78, 5) is 51.7. The summed E-state index contributed by atoms with van der Waals surface area (Å²) in [6, 6.07) is 15.8. The number of nitrogens with one attached hydrogen (secondary N) is 1. The molecule has 0 spiro atoms. The first-order valence-electron chi connectivity index (χ1n) is 10.9. The Labute approximate surface area is 200 Å². The van der Waals surface area contributed by atoms with E-state index in [9.17, 15) is 27.6 Å². The molecule has 0 aromatic heterocycles. The Balaban J connectivity index is 1.27. The normalized spacial score (nSPS) is 18.5. The van der Waals surface area contributed by atoms with Crippen molar-refractivity contribution in [3.8, 4) is 0 Å². The van der Waals surface area contributed by atoms with E-state index in [1.165, 1.54) is 24.3 Å². The highest BCUT2D eigenvalue weighted by atomic mass is 32.2. The molecule has 1 saturated heterocycles. The van der Waals surface area contributed by atoms with Crippen LogP contribution in [0.25, 0.3) is 10.8 Å². The van der Waals surface area contributed by atoms with Crippen molar-refractivity contribution in [3.05, 3.63) is 77.4 Å². The zero-order chi connectivity index (χ0) is 24.7. The molecule has 1 atom stereocenters. The van der Waals surface area contributed by atoms with Crippen LogP contribution in [0.1, 0.15) is 37.5 Å². The number of carbonyl (C=O) groups is 4. The fourth-order valence-electron chi connectivity index (χ4n) is 4.40. The first-order valence-corrected chi connectivity index (χ1v) is 12.7. The van der Waals surface area contributed by atoms with E-state index in [1.54, 1.807) is 24.3 Å². The Morgan fingerprint density at radius 3 is 2.14 bits per heavy atom. The van der Waals surface area contributed by atoms with Gasteiger partial charge < -0.3 is 10.1 Å². The average Bonchev–Trinajstić information content (AvgIpc) is 3.19. The van der Waals surface area contributed by atoms with Crippen LogP contribution in [0.3, 0.4) is 0 Å². The Hall–Kier alpha value is -4.05. The molecule has 1 fully saturated rings. The summed E-state index contributed by atoms with van der Waals surface area (Å²) in [5, 5.41) is 3.97. The van der Waals surface area contributed by atoms with Crippen LogP contribution in [-0.2, 0) is 19.4 Å². The number of hydrogen-bond donors (Lipinski definition) is 1. The lowest BCUT2D eigenvalue weighted by Gasteiger charge is -2.27. The van der Waals surface area contributed by atoms with Gasteiger partial charge >= 0.3 is 5.97 Å².